The minimum Gasteiger partial charge on any atom is -0.481 e. The largest absolute Gasteiger partial charge is 0.481 e. The number of aryl methyl sites for hydroxylation is 1. The fraction of sp³-hybridized carbons (Fsp3) is 0.618. The third-order valence-electron chi connectivity index (χ3n) is 10.5. The Morgan fingerprint density at radius 1 is 0.925 bits per heavy atom. The first-order valence-corrected chi connectivity index (χ1v) is 15.9. The number of rotatable bonds is 10. The highest BCUT2D eigenvalue weighted by atomic mass is 16.6. The fourth-order valence-corrected chi connectivity index (χ4v) is 8.42. The van der Waals surface area contributed by atoms with E-state index in [0.29, 0.717) is 23.7 Å². The average molecular weight is 544 g/mol. The zero-order chi connectivity index (χ0) is 27.3. The predicted molar refractivity (Wildman–Crippen MR) is 157 cm³/mol. The molecule has 40 heavy (non-hydrogen) atoms. The number of piperidine rings is 1. The molecular weight excluding hydrogens is 498 g/mol. The summed E-state index contributed by atoms with van der Waals surface area (Å²) in [6, 6.07) is 17.2. The average Bonchev–Trinajstić information content (AvgIpc) is 3.62. The third-order valence-corrected chi connectivity index (χ3v) is 10.5. The molecule has 3 fully saturated rings. The van der Waals surface area contributed by atoms with Crippen molar-refractivity contribution >= 4 is 17.0 Å². The molecule has 0 amide bonds. The summed E-state index contributed by atoms with van der Waals surface area (Å²) in [6.45, 7) is 3.47. The minimum atomic E-state index is -0.539. The molecule has 6 heteroatoms. The van der Waals surface area contributed by atoms with E-state index in [1.165, 1.54) is 69.2 Å². The van der Waals surface area contributed by atoms with Crippen LogP contribution in [0.15, 0.2) is 53.2 Å². The van der Waals surface area contributed by atoms with Crippen molar-refractivity contribution in [2.45, 2.75) is 83.0 Å². The first-order valence-electron chi connectivity index (χ1n) is 15.9. The molecule has 4 atom stereocenters. The number of hydrogen-bond donors (Lipinski definition) is 1. The second-order valence-corrected chi connectivity index (χ2v) is 13.0. The maximum atomic E-state index is 12.6. The van der Waals surface area contributed by atoms with E-state index in [1.54, 1.807) is 0 Å². The lowest BCUT2D eigenvalue weighted by Gasteiger charge is -2.35. The first-order chi connectivity index (χ1) is 19.6. The Balaban J connectivity index is 1.03. The van der Waals surface area contributed by atoms with Crippen molar-refractivity contribution in [1.29, 1.82) is 0 Å². The molecule has 2 aromatic carbocycles. The smallest absolute Gasteiger partial charge is 0.307 e. The lowest BCUT2D eigenvalue weighted by Crippen LogP contribution is -2.38. The third kappa shape index (κ3) is 6.43. The second-order valence-electron chi connectivity index (χ2n) is 13.0. The predicted octanol–water partition coefficient (Wildman–Crippen LogP) is 7.35. The van der Waals surface area contributed by atoms with E-state index in [2.05, 4.69) is 57.7 Å². The Labute approximate surface area is 238 Å². The van der Waals surface area contributed by atoms with Gasteiger partial charge in [0.2, 0.25) is 0 Å². The van der Waals surface area contributed by atoms with Crippen LogP contribution in [0.2, 0.25) is 0 Å². The van der Waals surface area contributed by atoms with E-state index >= 15 is 0 Å². The van der Waals surface area contributed by atoms with E-state index in [-0.39, 0.29) is 5.92 Å². The molecule has 2 heterocycles. The molecular formula is C34H45N3O3. The first kappa shape index (κ1) is 27.4. The van der Waals surface area contributed by atoms with Crippen molar-refractivity contribution in [3.63, 3.8) is 0 Å². The molecule has 2 unspecified atom stereocenters. The summed E-state index contributed by atoms with van der Waals surface area (Å²) in [5, 5.41) is 18.2. The number of benzene rings is 2. The summed E-state index contributed by atoms with van der Waals surface area (Å²) >= 11 is 0. The molecule has 0 radical (unpaired) electrons. The van der Waals surface area contributed by atoms with Crippen molar-refractivity contribution in [2.24, 2.45) is 29.6 Å². The molecule has 214 valence electrons. The molecule has 1 aliphatic heterocycles. The lowest BCUT2D eigenvalue weighted by molar-refractivity contribution is -0.146. The van der Waals surface area contributed by atoms with Crippen LogP contribution in [0.3, 0.4) is 0 Å². The van der Waals surface area contributed by atoms with Gasteiger partial charge in [-0.3, -0.25) is 4.79 Å². The number of carbonyl (C=O) groups is 1. The number of likely N-dealkylation sites (tertiary alicyclic amines) is 1. The van der Waals surface area contributed by atoms with Crippen LogP contribution in [-0.4, -0.2) is 45.9 Å². The van der Waals surface area contributed by atoms with Crippen LogP contribution in [0.4, 0.5) is 0 Å². The van der Waals surface area contributed by atoms with Gasteiger partial charge in [0.15, 0.2) is 0 Å². The van der Waals surface area contributed by atoms with Gasteiger partial charge in [0.25, 0.3) is 0 Å². The molecule has 1 N–H and O–H groups in total. The maximum Gasteiger partial charge on any atom is 0.307 e. The van der Waals surface area contributed by atoms with Gasteiger partial charge in [0, 0.05) is 6.54 Å². The van der Waals surface area contributed by atoms with Gasteiger partial charge in [-0.25, -0.2) is 4.63 Å². The summed E-state index contributed by atoms with van der Waals surface area (Å²) in [4.78, 5) is 15.3. The molecule has 1 saturated heterocycles. The minimum absolute atomic E-state index is 0.163. The van der Waals surface area contributed by atoms with Gasteiger partial charge < -0.3 is 10.0 Å². The number of nitrogens with zero attached hydrogens (tertiary/aromatic N) is 3. The van der Waals surface area contributed by atoms with E-state index in [9.17, 15) is 9.90 Å². The van der Waals surface area contributed by atoms with E-state index in [1.807, 2.05) is 6.07 Å². The maximum absolute atomic E-state index is 12.6. The van der Waals surface area contributed by atoms with E-state index in [0.717, 1.165) is 55.6 Å². The summed E-state index contributed by atoms with van der Waals surface area (Å²) < 4.78 is 4.83. The Morgan fingerprint density at radius 3 is 2.48 bits per heavy atom. The molecule has 2 saturated carbocycles. The van der Waals surface area contributed by atoms with Gasteiger partial charge in [-0.1, -0.05) is 62.1 Å². The van der Waals surface area contributed by atoms with Crippen molar-refractivity contribution in [3.8, 4) is 0 Å². The van der Waals surface area contributed by atoms with Crippen LogP contribution in [0.5, 0.6) is 0 Å². The van der Waals surface area contributed by atoms with E-state index < -0.39 is 5.97 Å². The highest BCUT2D eigenvalue weighted by molar-refractivity contribution is 5.73. The highest BCUT2D eigenvalue weighted by Crippen LogP contribution is 2.50. The zero-order valence-corrected chi connectivity index (χ0v) is 23.8. The lowest BCUT2D eigenvalue weighted by atomic mass is 9.73. The monoisotopic (exact) mass is 543 g/mol. The molecule has 2 aliphatic carbocycles. The van der Waals surface area contributed by atoms with Crippen molar-refractivity contribution in [1.82, 2.24) is 15.2 Å². The Bertz CT molecular complexity index is 1230. The van der Waals surface area contributed by atoms with Crippen LogP contribution in [0.1, 0.15) is 87.7 Å². The van der Waals surface area contributed by atoms with Gasteiger partial charge >= 0.3 is 5.97 Å². The molecule has 3 aliphatic rings. The Morgan fingerprint density at radius 2 is 1.70 bits per heavy atom. The molecule has 6 nitrogen and oxygen atoms in total. The second kappa shape index (κ2) is 12.8. The molecule has 6 rings (SSSR count). The van der Waals surface area contributed by atoms with Gasteiger partial charge in [-0.05, 0) is 128 Å². The topological polar surface area (TPSA) is 79.5 Å². The number of carboxylic acid groups (broad SMARTS) is 1. The SMILES string of the molecule is O=C(O)C(C1CCCCC1)C1C[C@H](CN2CCC(CCCc3ccc4nonc4c3)CC2)[C@@H](c2ccccc2)C1. The van der Waals surface area contributed by atoms with Gasteiger partial charge in [0.05, 0.1) is 5.92 Å². The number of hydrogen-bond acceptors (Lipinski definition) is 5. The Hall–Kier alpha value is -2.73. The van der Waals surface area contributed by atoms with Gasteiger partial charge in [-0.15, -0.1) is 0 Å². The zero-order valence-electron chi connectivity index (χ0n) is 23.8. The quantitative estimate of drug-likeness (QED) is 0.288. The number of fused-ring (bicyclic) bond motifs is 1. The Kier molecular flexibility index (Phi) is 8.81. The highest BCUT2D eigenvalue weighted by Gasteiger charge is 2.44. The van der Waals surface area contributed by atoms with Crippen LogP contribution in [0.25, 0.3) is 11.0 Å². The number of aromatic nitrogens is 2. The van der Waals surface area contributed by atoms with Crippen molar-refractivity contribution < 1.29 is 14.5 Å². The molecule has 1 aromatic heterocycles. The van der Waals surface area contributed by atoms with E-state index in [4.69, 9.17) is 4.63 Å². The molecule has 0 spiro atoms. The van der Waals surface area contributed by atoms with Gasteiger partial charge in [-0.2, -0.15) is 0 Å². The number of aliphatic carboxylic acids is 1. The van der Waals surface area contributed by atoms with Crippen molar-refractivity contribution in [2.75, 3.05) is 19.6 Å². The summed E-state index contributed by atoms with van der Waals surface area (Å²) in [5.74, 6) is 1.81. The van der Waals surface area contributed by atoms with Crippen molar-refractivity contribution in [3.05, 3.63) is 59.7 Å². The summed E-state index contributed by atoms with van der Waals surface area (Å²) in [5.41, 5.74) is 4.40. The van der Waals surface area contributed by atoms with Crippen LogP contribution in [0, 0.1) is 29.6 Å². The van der Waals surface area contributed by atoms with Crippen LogP contribution < -0.4 is 0 Å². The number of carboxylic acids is 1. The molecule has 3 aromatic rings. The normalized spacial score (nSPS) is 25.9. The summed E-state index contributed by atoms with van der Waals surface area (Å²) in [6.07, 6.45) is 14.1. The fourth-order valence-electron chi connectivity index (χ4n) is 8.42. The van der Waals surface area contributed by atoms with Gasteiger partial charge in [0.1, 0.15) is 11.0 Å². The van der Waals surface area contributed by atoms with Crippen LogP contribution in [-0.2, 0) is 11.2 Å². The standard InChI is InChI=1S/C34H45N3O3/c38-34(39)33(27-12-5-2-6-13-27)28-21-29(30(22-28)26-10-3-1-4-11-26)23-37-18-16-24(17-19-37)8-7-9-25-14-15-31-32(20-25)36-40-35-31/h1,3-4,10-11,14-15,20,24,27-30,33H,2,5-9,12-13,16-19,21-23H2,(H,38,39)/t28?,29-,30-,33?/m1/s1. The van der Waals surface area contributed by atoms with Crippen LogP contribution >= 0.6 is 0 Å². The summed E-state index contributed by atoms with van der Waals surface area (Å²) in [7, 11) is 0. The molecule has 0 bridgehead atoms.